The maximum absolute atomic E-state index is 12.8. The van der Waals surface area contributed by atoms with Crippen molar-refractivity contribution in [2.75, 3.05) is 27.7 Å². The van der Waals surface area contributed by atoms with Gasteiger partial charge in [0.2, 0.25) is 0 Å². The number of nitrogens with one attached hydrogen (secondary N) is 1. The van der Waals surface area contributed by atoms with Gasteiger partial charge in [0.15, 0.2) is 5.69 Å². The van der Waals surface area contributed by atoms with Crippen LogP contribution in [0.4, 0.5) is 26.3 Å². The van der Waals surface area contributed by atoms with Crippen molar-refractivity contribution < 1.29 is 59.0 Å². The number of quaternary nitrogens is 1. The summed E-state index contributed by atoms with van der Waals surface area (Å²) in [6, 6.07) is 2.66. The van der Waals surface area contributed by atoms with Gasteiger partial charge in [-0.1, -0.05) is 0 Å². The maximum Gasteiger partial charge on any atom is 0.490 e. The Hall–Kier alpha value is -2.70. The third-order valence-corrected chi connectivity index (χ3v) is 7.14. The number of likely N-dealkylation sites (N-methyl/N-ethyl adjacent to an activating group) is 1. The Kier molecular flexibility index (Phi) is 9.69. The smallest absolute Gasteiger partial charge is 0.481 e. The summed E-state index contributed by atoms with van der Waals surface area (Å²) in [6.45, 7) is 0.237. The normalized spacial score (nSPS) is 13.6. The summed E-state index contributed by atoms with van der Waals surface area (Å²) in [5, 5.41) is 19.6. The SMILES string of the molecule is Cn1nc(C(F)(F)F)cc1-c1ccc(S(=O)(=O)N[C@H](CC(=O)O)C[N+](C)(C)C)s1.O=C(O)C(F)(F)F. The van der Waals surface area contributed by atoms with Crippen LogP contribution in [-0.4, -0.2) is 84.7 Å². The average molecular weight is 570 g/mol. The molecule has 0 unspecified atom stereocenters. The zero-order valence-corrected chi connectivity index (χ0v) is 20.8. The second kappa shape index (κ2) is 11.1. The van der Waals surface area contributed by atoms with Crippen molar-refractivity contribution in [3.8, 4) is 10.6 Å². The number of carboxylic acid groups (broad SMARTS) is 2. The van der Waals surface area contributed by atoms with Gasteiger partial charge >= 0.3 is 24.3 Å². The molecule has 3 N–H and O–H groups in total. The van der Waals surface area contributed by atoms with Gasteiger partial charge in [-0.05, 0) is 18.2 Å². The molecule has 0 spiro atoms. The van der Waals surface area contributed by atoms with Gasteiger partial charge in [-0.3, -0.25) is 9.48 Å². The summed E-state index contributed by atoms with van der Waals surface area (Å²) in [6.07, 6.45) is -10.1. The number of halogens is 6. The molecule has 2 aromatic rings. The Labute approximate surface area is 205 Å². The van der Waals surface area contributed by atoms with E-state index in [4.69, 9.17) is 15.0 Å². The van der Waals surface area contributed by atoms with Crippen LogP contribution in [0.1, 0.15) is 12.1 Å². The summed E-state index contributed by atoms with van der Waals surface area (Å²) in [4.78, 5) is 20.3. The van der Waals surface area contributed by atoms with Crippen molar-refractivity contribution in [1.82, 2.24) is 14.5 Å². The molecule has 36 heavy (non-hydrogen) atoms. The Morgan fingerprint density at radius 3 is 2.06 bits per heavy atom. The summed E-state index contributed by atoms with van der Waals surface area (Å²) >= 11 is 0.779. The highest BCUT2D eigenvalue weighted by Gasteiger charge is 2.38. The van der Waals surface area contributed by atoms with Gasteiger partial charge in [0, 0.05) is 7.05 Å². The standard InChI is InChI=1S/C16H21F3N4O4S2.C2HF3O2/c1-22-11(8-13(20-22)16(17,18)19)12-5-6-15(28-12)29(26,27)21-10(7-14(24)25)9-23(2,3)4;3-2(4,5)1(6)7/h5-6,8,10,21H,7,9H2,1-4H3;(H,6,7)/p+1/t10-;/m1./s1. The van der Waals surface area contributed by atoms with Crippen LogP contribution in [0.15, 0.2) is 22.4 Å². The average Bonchev–Trinajstić information content (AvgIpc) is 3.25. The summed E-state index contributed by atoms with van der Waals surface area (Å²) in [5.74, 6) is -3.90. The number of hydrogen-bond acceptors (Lipinski definition) is 6. The molecule has 10 nitrogen and oxygen atoms in total. The van der Waals surface area contributed by atoms with E-state index in [1.165, 1.54) is 19.2 Å². The maximum atomic E-state index is 12.8. The fourth-order valence-corrected chi connectivity index (χ4v) is 5.33. The van der Waals surface area contributed by atoms with Crippen molar-refractivity contribution in [2.45, 2.75) is 29.0 Å². The number of carboxylic acids is 2. The largest absolute Gasteiger partial charge is 0.490 e. The molecule has 2 heterocycles. The minimum absolute atomic E-state index is 0.122. The molecule has 0 fully saturated rings. The molecular formula is C18H23F6N4O6S2+. The molecule has 0 saturated carbocycles. The van der Waals surface area contributed by atoms with Crippen molar-refractivity contribution in [3.05, 3.63) is 23.9 Å². The number of rotatable bonds is 8. The minimum Gasteiger partial charge on any atom is -0.481 e. The molecule has 204 valence electrons. The number of carbonyl (C=O) groups is 2. The molecule has 0 aliphatic carbocycles. The van der Waals surface area contributed by atoms with E-state index in [0.717, 1.165) is 22.1 Å². The lowest BCUT2D eigenvalue weighted by Gasteiger charge is -2.28. The first-order valence-electron chi connectivity index (χ1n) is 9.59. The van der Waals surface area contributed by atoms with Crippen molar-refractivity contribution in [2.24, 2.45) is 7.05 Å². The van der Waals surface area contributed by atoms with E-state index >= 15 is 0 Å². The van der Waals surface area contributed by atoms with Crippen LogP contribution < -0.4 is 4.72 Å². The van der Waals surface area contributed by atoms with Crippen LogP contribution in [0, 0.1) is 0 Å². The van der Waals surface area contributed by atoms with Gasteiger partial charge in [0.25, 0.3) is 10.0 Å². The number of aliphatic carboxylic acids is 2. The first kappa shape index (κ1) is 31.3. The van der Waals surface area contributed by atoms with E-state index in [1.54, 1.807) is 21.1 Å². The van der Waals surface area contributed by atoms with Crippen LogP contribution in [0.2, 0.25) is 0 Å². The second-order valence-electron chi connectivity index (χ2n) is 8.35. The summed E-state index contributed by atoms with van der Waals surface area (Å²) in [5.41, 5.74) is -0.951. The molecule has 0 bridgehead atoms. The number of hydrogen-bond donors (Lipinski definition) is 3. The van der Waals surface area contributed by atoms with Gasteiger partial charge in [-0.2, -0.15) is 31.4 Å². The summed E-state index contributed by atoms with van der Waals surface area (Å²) in [7, 11) is 2.67. The molecule has 2 rings (SSSR count). The van der Waals surface area contributed by atoms with Gasteiger partial charge < -0.3 is 14.7 Å². The number of thiophene rings is 1. The van der Waals surface area contributed by atoms with Gasteiger partial charge in [0.05, 0.1) is 50.7 Å². The van der Waals surface area contributed by atoms with E-state index in [0.29, 0.717) is 4.48 Å². The predicted molar refractivity (Wildman–Crippen MR) is 114 cm³/mol. The van der Waals surface area contributed by atoms with Crippen LogP contribution in [0.5, 0.6) is 0 Å². The first-order chi connectivity index (χ1) is 16.0. The molecular weight excluding hydrogens is 546 g/mol. The van der Waals surface area contributed by atoms with Gasteiger partial charge in [0.1, 0.15) is 4.21 Å². The number of sulfonamides is 1. The molecule has 0 amide bonds. The molecule has 0 saturated heterocycles. The lowest BCUT2D eigenvalue weighted by atomic mass is 10.2. The number of nitrogens with zero attached hydrogens (tertiary/aromatic N) is 3. The summed E-state index contributed by atoms with van der Waals surface area (Å²) < 4.78 is 99.3. The fraction of sp³-hybridized carbons (Fsp3) is 0.500. The van der Waals surface area contributed by atoms with E-state index in [-0.39, 0.29) is 21.3 Å². The highest BCUT2D eigenvalue weighted by atomic mass is 32.2. The number of aromatic nitrogens is 2. The minimum atomic E-state index is -5.08. The van der Waals surface area contributed by atoms with Gasteiger partial charge in [-0.25, -0.2) is 17.9 Å². The second-order valence-corrected chi connectivity index (χ2v) is 11.4. The first-order valence-corrected chi connectivity index (χ1v) is 11.9. The van der Waals surface area contributed by atoms with Crippen LogP contribution >= 0.6 is 11.3 Å². The van der Waals surface area contributed by atoms with Crippen molar-refractivity contribution >= 4 is 33.3 Å². The number of aryl methyl sites for hydroxylation is 1. The van der Waals surface area contributed by atoms with E-state index < -0.39 is 52.5 Å². The van der Waals surface area contributed by atoms with Gasteiger partial charge in [-0.15, -0.1) is 11.3 Å². The molecule has 18 heteroatoms. The monoisotopic (exact) mass is 569 g/mol. The zero-order valence-electron chi connectivity index (χ0n) is 19.2. The van der Waals surface area contributed by atoms with Crippen molar-refractivity contribution in [3.63, 3.8) is 0 Å². The Morgan fingerprint density at radius 1 is 1.14 bits per heavy atom. The van der Waals surface area contributed by atoms with Crippen LogP contribution in [-0.2, 0) is 32.8 Å². The third kappa shape index (κ3) is 9.75. The molecule has 0 aliphatic heterocycles. The fourth-order valence-electron chi connectivity index (χ4n) is 2.73. The third-order valence-electron chi connectivity index (χ3n) is 4.02. The Morgan fingerprint density at radius 2 is 1.67 bits per heavy atom. The lowest BCUT2D eigenvalue weighted by molar-refractivity contribution is -0.871. The predicted octanol–water partition coefficient (Wildman–Crippen LogP) is 2.63. The quantitative estimate of drug-likeness (QED) is 0.328. The van der Waals surface area contributed by atoms with Crippen LogP contribution in [0.3, 0.4) is 0 Å². The topological polar surface area (TPSA) is 139 Å². The molecule has 0 aliphatic rings. The Bertz CT molecular complexity index is 1180. The number of alkyl halides is 6. The zero-order chi connectivity index (χ0) is 28.3. The van der Waals surface area contributed by atoms with E-state index in [1.807, 2.05) is 0 Å². The molecule has 0 radical (unpaired) electrons. The molecule has 2 aromatic heterocycles. The van der Waals surface area contributed by atoms with Crippen molar-refractivity contribution in [1.29, 1.82) is 0 Å². The Balaban J connectivity index is 0.000000809. The highest BCUT2D eigenvalue weighted by molar-refractivity contribution is 7.91. The lowest BCUT2D eigenvalue weighted by Crippen LogP contribution is -2.49. The highest BCUT2D eigenvalue weighted by Crippen LogP contribution is 2.35. The van der Waals surface area contributed by atoms with E-state index in [2.05, 4.69) is 9.82 Å². The molecule has 0 aromatic carbocycles. The van der Waals surface area contributed by atoms with Crippen LogP contribution in [0.25, 0.3) is 10.6 Å². The molecule has 1 atom stereocenters. The van der Waals surface area contributed by atoms with E-state index in [9.17, 15) is 39.6 Å².